The number of H-pyrrole nitrogens is 1. The molecule has 0 saturated heterocycles. The summed E-state index contributed by atoms with van der Waals surface area (Å²) >= 11 is 0. The summed E-state index contributed by atoms with van der Waals surface area (Å²) in [7, 11) is 1.76. The van der Waals surface area contributed by atoms with E-state index in [9.17, 15) is 9.90 Å². The van der Waals surface area contributed by atoms with Crippen LogP contribution in [0.25, 0.3) is 11.0 Å². The number of aromatic nitrogens is 2. The highest BCUT2D eigenvalue weighted by atomic mass is 16.3. The topological polar surface area (TPSA) is 81.2 Å². The van der Waals surface area contributed by atoms with Gasteiger partial charge in [-0.15, -0.1) is 0 Å². The van der Waals surface area contributed by atoms with Crippen LogP contribution in [0.3, 0.4) is 0 Å². The van der Waals surface area contributed by atoms with Crippen LogP contribution in [0.5, 0.6) is 0 Å². The van der Waals surface area contributed by atoms with Gasteiger partial charge in [0.1, 0.15) is 5.82 Å². The standard InChI is InChI=1S/C18H28N4O2/c1-13-6-7-14-15(10-13)21-16(20-14)11-22(4)17(24)19-9-5-8-18(2,3)12-23/h6-7,10,23H,5,8-9,11-12H2,1-4H3,(H,19,24)(H,20,21). The number of aliphatic hydroxyl groups excluding tert-OH is 1. The van der Waals surface area contributed by atoms with Crippen LogP contribution in [0.2, 0.25) is 0 Å². The van der Waals surface area contributed by atoms with E-state index in [1.54, 1.807) is 11.9 Å². The van der Waals surface area contributed by atoms with Crippen LogP contribution >= 0.6 is 0 Å². The molecule has 0 fully saturated rings. The van der Waals surface area contributed by atoms with Crippen LogP contribution in [0.15, 0.2) is 18.2 Å². The van der Waals surface area contributed by atoms with E-state index in [-0.39, 0.29) is 18.1 Å². The van der Waals surface area contributed by atoms with Gasteiger partial charge in [-0.25, -0.2) is 9.78 Å². The van der Waals surface area contributed by atoms with Gasteiger partial charge in [-0.2, -0.15) is 0 Å². The van der Waals surface area contributed by atoms with Crippen LogP contribution in [-0.2, 0) is 6.54 Å². The molecule has 0 unspecified atom stereocenters. The first-order valence-electron chi connectivity index (χ1n) is 8.36. The third-order valence-corrected chi connectivity index (χ3v) is 4.15. The Balaban J connectivity index is 1.82. The number of imidazole rings is 1. The van der Waals surface area contributed by atoms with Gasteiger partial charge in [0.2, 0.25) is 0 Å². The van der Waals surface area contributed by atoms with Gasteiger partial charge in [0, 0.05) is 20.2 Å². The Bertz CT molecular complexity index is 693. The van der Waals surface area contributed by atoms with Gasteiger partial charge in [0.15, 0.2) is 0 Å². The lowest BCUT2D eigenvalue weighted by molar-refractivity contribution is 0.147. The van der Waals surface area contributed by atoms with E-state index in [4.69, 9.17) is 0 Å². The number of aryl methyl sites for hydroxylation is 1. The second-order valence-electron chi connectivity index (χ2n) is 7.22. The highest BCUT2D eigenvalue weighted by molar-refractivity contribution is 5.76. The van der Waals surface area contributed by atoms with E-state index in [2.05, 4.69) is 21.4 Å². The number of hydrogen-bond acceptors (Lipinski definition) is 3. The second-order valence-corrected chi connectivity index (χ2v) is 7.22. The minimum Gasteiger partial charge on any atom is -0.396 e. The van der Waals surface area contributed by atoms with Crippen LogP contribution < -0.4 is 5.32 Å². The number of aromatic amines is 1. The average molecular weight is 332 g/mol. The number of rotatable bonds is 7. The Hall–Kier alpha value is -2.08. The zero-order chi connectivity index (χ0) is 17.7. The molecule has 2 amide bonds. The summed E-state index contributed by atoms with van der Waals surface area (Å²) < 4.78 is 0. The monoisotopic (exact) mass is 332 g/mol. The fourth-order valence-corrected chi connectivity index (χ4v) is 2.52. The molecule has 1 aromatic carbocycles. The van der Waals surface area contributed by atoms with E-state index in [1.165, 1.54) is 5.56 Å². The molecule has 1 aromatic heterocycles. The van der Waals surface area contributed by atoms with Gasteiger partial charge in [-0.3, -0.25) is 0 Å². The Morgan fingerprint density at radius 2 is 2.17 bits per heavy atom. The molecule has 0 bridgehead atoms. The number of hydrogen-bond donors (Lipinski definition) is 3. The molecule has 0 aliphatic rings. The maximum Gasteiger partial charge on any atom is 0.317 e. The zero-order valence-corrected chi connectivity index (χ0v) is 15.0. The molecular formula is C18H28N4O2. The van der Waals surface area contributed by atoms with E-state index in [0.29, 0.717) is 13.1 Å². The summed E-state index contributed by atoms with van der Waals surface area (Å²) in [4.78, 5) is 21.5. The molecule has 0 atom stereocenters. The van der Waals surface area contributed by atoms with Gasteiger partial charge in [0.05, 0.1) is 17.6 Å². The van der Waals surface area contributed by atoms with Crippen molar-refractivity contribution in [2.75, 3.05) is 20.2 Å². The Labute approximate surface area is 143 Å². The lowest BCUT2D eigenvalue weighted by Gasteiger charge is -2.22. The molecule has 6 heteroatoms. The van der Waals surface area contributed by atoms with E-state index < -0.39 is 0 Å². The normalized spacial score (nSPS) is 11.7. The van der Waals surface area contributed by atoms with Gasteiger partial charge in [0.25, 0.3) is 0 Å². The molecule has 0 aliphatic carbocycles. The van der Waals surface area contributed by atoms with Gasteiger partial charge in [-0.05, 0) is 42.9 Å². The van der Waals surface area contributed by atoms with Crippen molar-refractivity contribution in [3.8, 4) is 0 Å². The molecule has 3 N–H and O–H groups in total. The summed E-state index contributed by atoms with van der Waals surface area (Å²) in [5.74, 6) is 0.773. The highest BCUT2D eigenvalue weighted by Gasteiger charge is 2.16. The molecule has 1 heterocycles. The summed E-state index contributed by atoms with van der Waals surface area (Å²) in [6.45, 7) is 7.27. The Morgan fingerprint density at radius 3 is 2.88 bits per heavy atom. The largest absolute Gasteiger partial charge is 0.396 e. The smallest absolute Gasteiger partial charge is 0.317 e. The Morgan fingerprint density at radius 1 is 1.42 bits per heavy atom. The molecule has 0 aliphatic heterocycles. The van der Waals surface area contributed by atoms with Crippen LogP contribution in [-0.4, -0.2) is 46.2 Å². The number of amides is 2. The molecule has 6 nitrogen and oxygen atoms in total. The number of fused-ring (bicyclic) bond motifs is 1. The second kappa shape index (κ2) is 7.66. The van der Waals surface area contributed by atoms with Crippen molar-refractivity contribution in [1.82, 2.24) is 20.2 Å². The summed E-state index contributed by atoms with van der Waals surface area (Å²) in [5, 5.41) is 12.1. The maximum absolute atomic E-state index is 12.1. The SMILES string of the molecule is Cc1ccc2nc(CN(C)C(=O)NCCCC(C)(C)CO)[nH]c2c1. The molecule has 0 saturated carbocycles. The minimum atomic E-state index is -0.117. The van der Waals surface area contributed by atoms with Crippen molar-refractivity contribution in [3.63, 3.8) is 0 Å². The number of carbonyl (C=O) groups is 1. The van der Waals surface area contributed by atoms with Gasteiger partial charge in [-0.1, -0.05) is 19.9 Å². The number of benzene rings is 1. The summed E-state index contributed by atoms with van der Waals surface area (Å²) in [5.41, 5.74) is 2.98. The van der Waals surface area contributed by atoms with Crippen LogP contribution in [0.4, 0.5) is 4.79 Å². The first-order valence-corrected chi connectivity index (χ1v) is 8.36. The van der Waals surface area contributed by atoms with Crippen molar-refractivity contribution in [2.45, 2.75) is 40.2 Å². The first kappa shape index (κ1) is 18.3. The predicted octanol–water partition coefficient (Wildman–Crippen LogP) is 2.81. The third-order valence-electron chi connectivity index (χ3n) is 4.15. The lowest BCUT2D eigenvalue weighted by Crippen LogP contribution is -2.37. The van der Waals surface area contributed by atoms with Crippen molar-refractivity contribution >= 4 is 17.1 Å². The summed E-state index contributed by atoms with van der Waals surface area (Å²) in [6, 6.07) is 5.94. The number of nitrogens with one attached hydrogen (secondary N) is 2. The highest BCUT2D eigenvalue weighted by Crippen LogP contribution is 2.20. The van der Waals surface area contributed by atoms with Crippen molar-refractivity contribution in [1.29, 1.82) is 0 Å². The molecule has 2 aromatic rings. The fraction of sp³-hybridized carbons (Fsp3) is 0.556. The Kier molecular flexibility index (Phi) is 5.83. The van der Waals surface area contributed by atoms with Gasteiger partial charge < -0.3 is 20.3 Å². The first-order chi connectivity index (χ1) is 11.3. The number of urea groups is 1. The molecule has 0 radical (unpaired) electrons. The predicted molar refractivity (Wildman–Crippen MR) is 95.8 cm³/mol. The zero-order valence-electron chi connectivity index (χ0n) is 15.0. The molecular weight excluding hydrogens is 304 g/mol. The average Bonchev–Trinajstić information content (AvgIpc) is 2.92. The molecule has 2 rings (SSSR count). The van der Waals surface area contributed by atoms with Crippen LogP contribution in [0.1, 0.15) is 38.1 Å². The number of aliphatic hydroxyl groups is 1. The summed E-state index contributed by atoms with van der Waals surface area (Å²) in [6.07, 6.45) is 1.72. The van der Waals surface area contributed by atoms with Crippen molar-refractivity contribution < 1.29 is 9.90 Å². The number of nitrogens with zero attached hydrogens (tertiary/aromatic N) is 2. The quantitative estimate of drug-likeness (QED) is 0.682. The lowest BCUT2D eigenvalue weighted by atomic mass is 9.89. The third kappa shape index (κ3) is 4.96. The molecule has 24 heavy (non-hydrogen) atoms. The molecule has 132 valence electrons. The van der Waals surface area contributed by atoms with Gasteiger partial charge >= 0.3 is 6.03 Å². The molecule has 0 spiro atoms. The van der Waals surface area contributed by atoms with Crippen LogP contribution in [0, 0.1) is 12.3 Å². The van der Waals surface area contributed by atoms with E-state index >= 15 is 0 Å². The maximum atomic E-state index is 12.1. The van der Waals surface area contributed by atoms with E-state index in [0.717, 1.165) is 29.7 Å². The van der Waals surface area contributed by atoms with Crippen molar-refractivity contribution in [2.24, 2.45) is 5.41 Å². The number of carbonyl (C=O) groups excluding carboxylic acids is 1. The minimum absolute atomic E-state index is 0.0942. The van der Waals surface area contributed by atoms with E-state index in [1.807, 2.05) is 32.9 Å². The fourth-order valence-electron chi connectivity index (χ4n) is 2.52. The van der Waals surface area contributed by atoms with Crippen molar-refractivity contribution in [3.05, 3.63) is 29.6 Å².